The predicted octanol–water partition coefficient (Wildman–Crippen LogP) is 2.08. The van der Waals surface area contributed by atoms with E-state index in [1.807, 2.05) is 0 Å². The first-order valence-electron chi connectivity index (χ1n) is 5.01. The first kappa shape index (κ1) is 13.8. The molecule has 0 fully saturated rings. The molecule has 0 aromatic heterocycles. The van der Waals surface area contributed by atoms with Crippen LogP contribution in [0.5, 0.6) is 0 Å². The van der Waals surface area contributed by atoms with Gasteiger partial charge in [0.25, 0.3) is 0 Å². The monoisotopic (exact) mass is 252 g/mol. The van der Waals surface area contributed by atoms with Crippen molar-refractivity contribution in [1.29, 1.82) is 0 Å². The molecule has 0 saturated carbocycles. The number of rotatable bonds is 2. The van der Waals surface area contributed by atoms with Crippen LogP contribution in [0.2, 0.25) is 0 Å². The van der Waals surface area contributed by atoms with Gasteiger partial charge in [0, 0.05) is 6.07 Å². The molecule has 3 nitrogen and oxygen atoms in total. The number of carbonyl (C=O) groups is 2. The number of hydrogen-bond acceptors (Lipinski definition) is 3. The van der Waals surface area contributed by atoms with Crippen LogP contribution in [0.25, 0.3) is 0 Å². The minimum Gasteiger partial charge on any atom is -0.468 e. The molecule has 0 unspecified atom stereocenters. The van der Waals surface area contributed by atoms with Crippen LogP contribution >= 0.6 is 0 Å². The van der Waals surface area contributed by atoms with Gasteiger partial charge in [0.15, 0.2) is 5.78 Å². The Hall–Kier alpha value is -2.22. The summed E-state index contributed by atoms with van der Waals surface area (Å²) in [7, 11) is 1.20. The average molecular weight is 252 g/mol. The fourth-order valence-electron chi connectivity index (χ4n) is 1.20. The highest BCUT2D eigenvalue weighted by atomic mass is 19.1. The number of Topliss-reactive ketones (excluding diaryl/α,β-unsaturated/α-hetero) is 1. The molecule has 1 aromatic carbocycles. The van der Waals surface area contributed by atoms with Crippen molar-refractivity contribution >= 4 is 11.8 Å². The van der Waals surface area contributed by atoms with Crippen molar-refractivity contribution < 1.29 is 23.1 Å². The molecule has 18 heavy (non-hydrogen) atoms. The van der Waals surface area contributed by atoms with E-state index in [0.29, 0.717) is 6.07 Å². The second kappa shape index (κ2) is 5.92. The summed E-state index contributed by atoms with van der Waals surface area (Å²) in [5.41, 5.74) is -0.371. The number of methoxy groups -OCH3 is 1. The van der Waals surface area contributed by atoms with Crippen LogP contribution in [0.3, 0.4) is 0 Å². The van der Waals surface area contributed by atoms with Gasteiger partial charge in [0.1, 0.15) is 18.1 Å². The molecule has 0 amide bonds. The van der Waals surface area contributed by atoms with Gasteiger partial charge < -0.3 is 4.74 Å². The molecule has 94 valence electrons. The van der Waals surface area contributed by atoms with Crippen molar-refractivity contribution in [1.82, 2.24) is 0 Å². The van der Waals surface area contributed by atoms with Gasteiger partial charge in [-0.15, -0.1) is 0 Å². The maximum absolute atomic E-state index is 13.3. The van der Waals surface area contributed by atoms with Gasteiger partial charge in [-0.3, -0.25) is 9.59 Å². The summed E-state index contributed by atoms with van der Waals surface area (Å²) >= 11 is 0. The van der Waals surface area contributed by atoms with Gasteiger partial charge in [-0.25, -0.2) is 8.78 Å². The van der Waals surface area contributed by atoms with Gasteiger partial charge in [-0.05, 0) is 13.0 Å². The Morgan fingerprint density at radius 2 is 1.94 bits per heavy atom. The topological polar surface area (TPSA) is 43.4 Å². The van der Waals surface area contributed by atoms with Crippen molar-refractivity contribution in [3.63, 3.8) is 0 Å². The molecule has 0 spiro atoms. The van der Waals surface area contributed by atoms with Gasteiger partial charge in [-0.1, -0.05) is 11.8 Å². The van der Waals surface area contributed by atoms with Crippen LogP contribution in [-0.2, 0) is 9.53 Å². The van der Waals surface area contributed by atoms with Crippen molar-refractivity contribution in [3.8, 4) is 11.8 Å². The van der Waals surface area contributed by atoms with E-state index in [9.17, 15) is 18.4 Å². The Labute approximate surface area is 103 Å². The zero-order chi connectivity index (χ0) is 13.7. The van der Waals surface area contributed by atoms with E-state index < -0.39 is 23.4 Å². The van der Waals surface area contributed by atoms with E-state index in [1.54, 1.807) is 0 Å². The van der Waals surface area contributed by atoms with E-state index in [4.69, 9.17) is 0 Å². The summed E-state index contributed by atoms with van der Waals surface area (Å²) in [6.07, 6.45) is -0.206. The second-order valence-corrected chi connectivity index (χ2v) is 3.42. The Morgan fingerprint density at radius 3 is 2.50 bits per heavy atom. The molecule has 0 aliphatic heterocycles. The molecule has 1 rings (SSSR count). The lowest BCUT2D eigenvalue weighted by Gasteiger charge is -2.01. The normalized spacial score (nSPS) is 9.33. The molecule has 5 heteroatoms. The first-order chi connectivity index (χ1) is 8.45. The molecule has 0 heterocycles. The minimum absolute atomic E-state index is 0.134. The van der Waals surface area contributed by atoms with Crippen molar-refractivity contribution in [2.75, 3.05) is 7.11 Å². The van der Waals surface area contributed by atoms with Gasteiger partial charge in [0.05, 0.1) is 18.2 Å². The number of carbonyl (C=O) groups excluding carboxylic acids is 2. The summed E-state index contributed by atoms with van der Waals surface area (Å²) in [5, 5.41) is 0. The van der Waals surface area contributed by atoms with E-state index in [1.165, 1.54) is 14.0 Å². The third kappa shape index (κ3) is 3.39. The van der Waals surface area contributed by atoms with Gasteiger partial charge >= 0.3 is 5.97 Å². The van der Waals surface area contributed by atoms with Crippen LogP contribution < -0.4 is 0 Å². The summed E-state index contributed by atoms with van der Waals surface area (Å²) in [6, 6.07) is 1.62. The minimum atomic E-state index is -0.932. The number of benzene rings is 1. The SMILES string of the molecule is COC(=O)CC#Cc1cc(C(C)=O)c(F)cc1F. The number of halogens is 2. The molecule has 0 N–H and O–H groups in total. The number of ketones is 1. The molecular formula is C13H10F2O3. The van der Waals surface area contributed by atoms with Crippen LogP contribution in [0.4, 0.5) is 8.78 Å². The summed E-state index contributed by atoms with van der Waals surface area (Å²) in [5.74, 6) is 1.84. The Kier molecular flexibility index (Phi) is 4.55. The summed E-state index contributed by atoms with van der Waals surface area (Å²) < 4.78 is 30.9. The van der Waals surface area contributed by atoms with Gasteiger partial charge in [-0.2, -0.15) is 0 Å². The van der Waals surface area contributed by atoms with Crippen LogP contribution in [0.1, 0.15) is 29.3 Å². The lowest BCUT2D eigenvalue weighted by atomic mass is 10.1. The molecule has 0 radical (unpaired) electrons. The van der Waals surface area contributed by atoms with E-state index in [2.05, 4.69) is 16.6 Å². The van der Waals surface area contributed by atoms with Crippen LogP contribution in [0, 0.1) is 23.5 Å². The van der Waals surface area contributed by atoms with Crippen LogP contribution in [-0.4, -0.2) is 18.9 Å². The Morgan fingerprint density at radius 1 is 1.28 bits per heavy atom. The molecule has 1 aromatic rings. The highest BCUT2D eigenvalue weighted by molar-refractivity contribution is 5.94. The average Bonchev–Trinajstić information content (AvgIpc) is 2.31. The summed E-state index contributed by atoms with van der Waals surface area (Å²) in [6.45, 7) is 1.17. The summed E-state index contributed by atoms with van der Waals surface area (Å²) in [4.78, 5) is 21.9. The maximum atomic E-state index is 13.3. The highest BCUT2D eigenvalue weighted by Gasteiger charge is 2.11. The fraction of sp³-hybridized carbons (Fsp3) is 0.231. The highest BCUT2D eigenvalue weighted by Crippen LogP contribution is 2.14. The molecule has 0 atom stereocenters. The lowest BCUT2D eigenvalue weighted by Crippen LogP contribution is -2.00. The predicted molar refractivity (Wildman–Crippen MR) is 59.9 cm³/mol. The zero-order valence-corrected chi connectivity index (χ0v) is 9.84. The Bertz CT molecular complexity index is 553. The smallest absolute Gasteiger partial charge is 0.317 e. The van der Waals surface area contributed by atoms with E-state index in [0.717, 1.165) is 6.07 Å². The van der Waals surface area contributed by atoms with Crippen molar-refractivity contribution in [3.05, 3.63) is 34.9 Å². The van der Waals surface area contributed by atoms with E-state index in [-0.39, 0.29) is 17.5 Å². The van der Waals surface area contributed by atoms with Crippen molar-refractivity contribution in [2.45, 2.75) is 13.3 Å². The molecule has 0 aliphatic rings. The van der Waals surface area contributed by atoms with Crippen molar-refractivity contribution in [2.24, 2.45) is 0 Å². The lowest BCUT2D eigenvalue weighted by molar-refractivity contribution is -0.139. The first-order valence-corrected chi connectivity index (χ1v) is 5.01. The standard InChI is InChI=1S/C13H10F2O3/c1-8(16)10-6-9(11(14)7-12(10)15)4-3-5-13(17)18-2/h6-7H,5H2,1-2H3. The second-order valence-electron chi connectivity index (χ2n) is 3.42. The molecular weight excluding hydrogens is 242 g/mol. The molecule has 0 aliphatic carbocycles. The fourth-order valence-corrected chi connectivity index (χ4v) is 1.20. The molecule has 0 bridgehead atoms. The van der Waals surface area contributed by atoms with Crippen LogP contribution in [0.15, 0.2) is 12.1 Å². The third-order valence-corrected chi connectivity index (χ3v) is 2.12. The van der Waals surface area contributed by atoms with E-state index >= 15 is 0 Å². The number of esters is 1. The quantitative estimate of drug-likeness (QED) is 0.460. The zero-order valence-electron chi connectivity index (χ0n) is 9.84. The molecule has 0 saturated heterocycles. The largest absolute Gasteiger partial charge is 0.468 e. The van der Waals surface area contributed by atoms with Gasteiger partial charge in [0.2, 0.25) is 0 Å². The number of hydrogen-bond donors (Lipinski definition) is 0. The third-order valence-electron chi connectivity index (χ3n) is 2.12. The number of ether oxygens (including phenoxy) is 1. The maximum Gasteiger partial charge on any atom is 0.317 e. The Balaban J connectivity index is 3.06.